The lowest BCUT2D eigenvalue weighted by Crippen LogP contribution is -1.89. The smallest absolute Gasteiger partial charge is 0.0514 e. The summed E-state index contributed by atoms with van der Waals surface area (Å²) in [6.07, 6.45) is 0. The number of benzene rings is 8. The highest BCUT2D eigenvalue weighted by atomic mass is 35.5. The van der Waals surface area contributed by atoms with E-state index in [2.05, 4.69) is 0 Å². The molecule has 0 aromatic heterocycles. The van der Waals surface area contributed by atoms with Crippen molar-refractivity contribution in [1.29, 1.82) is 0 Å². The van der Waals surface area contributed by atoms with E-state index in [1.165, 1.54) is 0 Å². The minimum Gasteiger partial charge on any atom is -0.0836 e. The highest BCUT2D eigenvalue weighted by Gasteiger charge is 2.22. The second-order valence-corrected chi connectivity index (χ2v) is 14.9. The predicted octanol–water partition coefficient (Wildman–Crippen LogP) is 17.0. The van der Waals surface area contributed by atoms with Gasteiger partial charge in [-0.25, -0.2) is 0 Å². The van der Waals surface area contributed by atoms with Crippen molar-refractivity contribution in [3.8, 4) is 0 Å². The summed E-state index contributed by atoms with van der Waals surface area (Å²) >= 11 is 76.4. The van der Waals surface area contributed by atoms with Crippen molar-refractivity contribution in [2.45, 2.75) is 0 Å². The zero-order valence-electron chi connectivity index (χ0n) is 21.2. The Kier molecular flexibility index (Phi) is 8.32. The molecule has 0 unspecified atom stereocenters. The van der Waals surface area contributed by atoms with Gasteiger partial charge in [-0.05, 0) is 48.5 Å². The van der Waals surface area contributed by atoms with Crippen LogP contribution in [0.5, 0.6) is 0 Å². The first-order chi connectivity index (χ1) is 20.8. The normalized spacial score (nSPS) is 12.1. The standard InChI is InChI=1S/2C16H4Cl6/c17-7-3-12(22)16-10(20)2-6-8(18)4-11(21)15-9(19)1-5(7)13(16)14(6)15;17-7-3-8(18)6-2-10(20)15-12(22)4-11(21)14-9(19)1-5(7)13(6)16(14)15/h2*1-4H. The van der Waals surface area contributed by atoms with Crippen molar-refractivity contribution in [2.75, 3.05) is 0 Å². The van der Waals surface area contributed by atoms with Crippen LogP contribution in [0.25, 0.3) is 64.6 Å². The van der Waals surface area contributed by atoms with E-state index in [-0.39, 0.29) is 0 Å². The molecule has 0 N–H and O–H groups in total. The number of rotatable bonds is 0. The molecule has 0 saturated heterocycles. The molecule has 0 aliphatic carbocycles. The van der Waals surface area contributed by atoms with Crippen LogP contribution < -0.4 is 0 Å². The third kappa shape index (κ3) is 4.72. The van der Waals surface area contributed by atoms with Crippen LogP contribution in [0.15, 0.2) is 48.5 Å². The van der Waals surface area contributed by atoms with Gasteiger partial charge in [-0.1, -0.05) is 139 Å². The zero-order valence-corrected chi connectivity index (χ0v) is 30.2. The Hall–Kier alpha value is -0.680. The van der Waals surface area contributed by atoms with Crippen LogP contribution in [0.3, 0.4) is 0 Å². The number of hydrogen-bond donors (Lipinski definition) is 0. The molecule has 8 aromatic rings. The lowest BCUT2D eigenvalue weighted by atomic mass is 9.94. The van der Waals surface area contributed by atoms with Crippen LogP contribution in [0, 0.1) is 0 Å². The quantitative estimate of drug-likeness (QED) is 0.134. The molecule has 0 aliphatic rings. The van der Waals surface area contributed by atoms with Gasteiger partial charge in [-0.15, -0.1) is 0 Å². The van der Waals surface area contributed by atoms with Gasteiger partial charge in [0, 0.05) is 84.7 Å². The summed E-state index contributed by atoms with van der Waals surface area (Å²) in [4.78, 5) is 0. The van der Waals surface area contributed by atoms with Gasteiger partial charge >= 0.3 is 0 Å². The maximum atomic E-state index is 6.42. The number of halogens is 12. The maximum Gasteiger partial charge on any atom is 0.0514 e. The van der Waals surface area contributed by atoms with Gasteiger partial charge in [0.2, 0.25) is 0 Å². The Balaban J connectivity index is 0.000000142. The molecule has 0 atom stereocenters. The van der Waals surface area contributed by atoms with Crippen LogP contribution in [0.1, 0.15) is 0 Å². The van der Waals surface area contributed by atoms with Crippen molar-refractivity contribution < 1.29 is 0 Å². The largest absolute Gasteiger partial charge is 0.0836 e. The first kappa shape index (κ1) is 31.9. The zero-order chi connectivity index (χ0) is 31.5. The van der Waals surface area contributed by atoms with Gasteiger partial charge < -0.3 is 0 Å². The van der Waals surface area contributed by atoms with Crippen molar-refractivity contribution in [3.05, 3.63) is 109 Å². The molecule has 0 fully saturated rings. The number of hydrogen-bond acceptors (Lipinski definition) is 0. The first-order valence-corrected chi connectivity index (χ1v) is 16.9. The first-order valence-electron chi connectivity index (χ1n) is 12.4. The van der Waals surface area contributed by atoms with Crippen LogP contribution in [0.4, 0.5) is 0 Å². The Morgan fingerprint density at radius 3 is 0.705 bits per heavy atom. The van der Waals surface area contributed by atoms with Crippen molar-refractivity contribution in [2.24, 2.45) is 0 Å². The monoisotopic (exact) mass is 812 g/mol. The van der Waals surface area contributed by atoms with E-state index < -0.39 is 0 Å². The molecule has 220 valence electrons. The summed E-state index contributed by atoms with van der Waals surface area (Å²) in [6.45, 7) is 0. The summed E-state index contributed by atoms with van der Waals surface area (Å²) < 4.78 is 0. The molecule has 0 aliphatic heterocycles. The van der Waals surface area contributed by atoms with Crippen LogP contribution >= 0.6 is 139 Å². The summed E-state index contributed by atoms with van der Waals surface area (Å²) in [5.41, 5.74) is 0. The van der Waals surface area contributed by atoms with Gasteiger partial charge in [0.25, 0.3) is 0 Å². The van der Waals surface area contributed by atoms with Crippen LogP contribution in [-0.4, -0.2) is 0 Å². The van der Waals surface area contributed by atoms with E-state index >= 15 is 0 Å². The molecular weight excluding hydrogens is 810 g/mol. The average molecular weight is 818 g/mol. The summed E-state index contributed by atoms with van der Waals surface area (Å²) in [5, 5.41) is 15.1. The molecule has 0 bridgehead atoms. The molecule has 8 aromatic carbocycles. The lowest BCUT2D eigenvalue weighted by Gasteiger charge is -2.17. The van der Waals surface area contributed by atoms with Gasteiger partial charge in [-0.3, -0.25) is 0 Å². The molecule has 0 heterocycles. The Bertz CT molecular complexity index is 2350. The van der Waals surface area contributed by atoms with E-state index in [0.29, 0.717) is 71.0 Å². The second kappa shape index (κ2) is 11.5. The average Bonchev–Trinajstić information content (AvgIpc) is 2.93. The Morgan fingerprint density at radius 2 is 0.386 bits per heavy atom. The minimum absolute atomic E-state index is 0.462. The molecule has 44 heavy (non-hydrogen) atoms. The van der Waals surface area contributed by atoms with E-state index in [0.717, 1.165) is 53.9 Å². The third-order valence-corrected chi connectivity index (χ3v) is 11.3. The topological polar surface area (TPSA) is 0 Å². The second-order valence-electron chi connectivity index (χ2n) is 9.98. The highest BCUT2D eigenvalue weighted by molar-refractivity contribution is 6.56. The highest BCUT2D eigenvalue weighted by Crippen LogP contribution is 2.51. The SMILES string of the molecule is Clc1cc(Cl)c2c(Cl)cc3c(Cl)cc(Cl)c4c(Cl)cc1c2c34.Clc1cc(Cl)c2cc(Cl)c3c(Cl)cc(Cl)c4c(Cl)cc1c2c43. The lowest BCUT2D eigenvalue weighted by molar-refractivity contribution is 1.77. The molecule has 0 saturated carbocycles. The van der Waals surface area contributed by atoms with Gasteiger partial charge in [0.05, 0.1) is 40.2 Å². The molecule has 0 radical (unpaired) electrons. The molecule has 0 nitrogen and oxygen atoms in total. The van der Waals surface area contributed by atoms with E-state index in [1.807, 2.05) is 0 Å². The summed E-state index contributed by atoms with van der Waals surface area (Å²) in [6, 6.07) is 13.8. The minimum atomic E-state index is 0.462. The van der Waals surface area contributed by atoms with Crippen molar-refractivity contribution in [3.63, 3.8) is 0 Å². The fourth-order valence-corrected chi connectivity index (χ4v) is 9.76. The molecule has 12 heteroatoms. The predicted molar refractivity (Wildman–Crippen MR) is 200 cm³/mol. The van der Waals surface area contributed by atoms with E-state index in [9.17, 15) is 0 Å². The summed E-state index contributed by atoms with van der Waals surface area (Å²) in [5.74, 6) is 0. The van der Waals surface area contributed by atoms with Gasteiger partial charge in [-0.2, -0.15) is 0 Å². The molecule has 0 spiro atoms. The fraction of sp³-hybridized carbons (Fsp3) is 0. The summed E-state index contributed by atoms with van der Waals surface area (Å²) in [7, 11) is 0. The molecular formula is C32H8Cl12. The van der Waals surface area contributed by atoms with Crippen LogP contribution in [0.2, 0.25) is 60.3 Å². The van der Waals surface area contributed by atoms with Gasteiger partial charge in [0.15, 0.2) is 0 Å². The van der Waals surface area contributed by atoms with E-state index in [1.54, 1.807) is 48.5 Å². The van der Waals surface area contributed by atoms with E-state index in [4.69, 9.17) is 139 Å². The van der Waals surface area contributed by atoms with Crippen molar-refractivity contribution in [1.82, 2.24) is 0 Å². The maximum absolute atomic E-state index is 6.42. The Morgan fingerprint density at radius 1 is 0.182 bits per heavy atom. The third-order valence-electron chi connectivity index (χ3n) is 7.62. The van der Waals surface area contributed by atoms with Crippen LogP contribution in [-0.2, 0) is 0 Å². The Labute approximate surface area is 309 Å². The van der Waals surface area contributed by atoms with Gasteiger partial charge in [0.1, 0.15) is 0 Å². The fourth-order valence-electron chi connectivity index (χ4n) is 5.87. The van der Waals surface area contributed by atoms with Crippen molar-refractivity contribution >= 4 is 204 Å². The molecule has 8 rings (SSSR count). The molecule has 0 amide bonds.